The highest BCUT2D eigenvalue weighted by molar-refractivity contribution is 5.84. The summed E-state index contributed by atoms with van der Waals surface area (Å²) in [7, 11) is 0. The van der Waals surface area contributed by atoms with Crippen molar-refractivity contribution in [2.24, 2.45) is 0 Å². The number of rotatable bonds is 4. The van der Waals surface area contributed by atoms with Crippen LogP contribution in [0, 0.1) is 0 Å². The number of pyridine rings is 2. The highest BCUT2D eigenvalue weighted by atomic mass is 16.5. The molecule has 0 N–H and O–H groups in total. The molecule has 0 aliphatic carbocycles. The number of carbonyl (C=O) groups is 1. The number of nitrogens with zero attached hydrogens (tertiary/aromatic N) is 4. The zero-order valence-electron chi connectivity index (χ0n) is 15.7. The van der Waals surface area contributed by atoms with Gasteiger partial charge in [0.15, 0.2) is 0 Å². The maximum absolute atomic E-state index is 12.8. The summed E-state index contributed by atoms with van der Waals surface area (Å²) in [6, 6.07) is 10.1. The van der Waals surface area contributed by atoms with Gasteiger partial charge in [-0.1, -0.05) is 0 Å². The first kappa shape index (κ1) is 17.7. The number of hydrogen-bond donors (Lipinski definition) is 0. The molecule has 0 radical (unpaired) electrons. The molecule has 4 rings (SSSR count). The molecule has 1 fully saturated rings. The molecule has 3 aromatic heterocycles. The number of fused-ring (bicyclic) bond motifs is 1. The Hall–Kier alpha value is -2.73. The lowest BCUT2D eigenvalue weighted by Gasteiger charge is -2.35. The molecule has 1 amide bonds. The van der Waals surface area contributed by atoms with E-state index in [0.29, 0.717) is 26.1 Å². The van der Waals surface area contributed by atoms with Crippen molar-refractivity contribution >= 4 is 16.9 Å². The molecule has 4 heterocycles. The zero-order chi connectivity index (χ0) is 18.8. The van der Waals surface area contributed by atoms with E-state index in [0.717, 1.165) is 22.3 Å². The summed E-state index contributed by atoms with van der Waals surface area (Å²) in [5.41, 5.74) is 3.03. The van der Waals surface area contributed by atoms with E-state index in [1.54, 1.807) is 18.6 Å². The van der Waals surface area contributed by atoms with Gasteiger partial charge in [0.1, 0.15) is 5.65 Å². The average Bonchev–Trinajstić information content (AvgIpc) is 3.04. The Bertz CT molecular complexity index is 928. The summed E-state index contributed by atoms with van der Waals surface area (Å²) in [6.45, 7) is 5.94. The lowest BCUT2D eigenvalue weighted by atomic mass is 10.2. The lowest BCUT2D eigenvalue weighted by Crippen LogP contribution is -2.48. The van der Waals surface area contributed by atoms with Crippen LogP contribution in [-0.2, 0) is 16.1 Å². The van der Waals surface area contributed by atoms with E-state index >= 15 is 0 Å². The topological polar surface area (TPSA) is 60.2 Å². The summed E-state index contributed by atoms with van der Waals surface area (Å²) >= 11 is 0. The van der Waals surface area contributed by atoms with Crippen LogP contribution in [0.15, 0.2) is 48.9 Å². The number of hydrogen-bond acceptors (Lipinski definition) is 4. The van der Waals surface area contributed by atoms with Gasteiger partial charge in [-0.2, -0.15) is 0 Å². The molecule has 1 aliphatic heterocycles. The van der Waals surface area contributed by atoms with Crippen LogP contribution < -0.4 is 0 Å². The van der Waals surface area contributed by atoms with Gasteiger partial charge < -0.3 is 14.2 Å². The quantitative estimate of drug-likeness (QED) is 0.714. The van der Waals surface area contributed by atoms with E-state index in [4.69, 9.17) is 4.74 Å². The third kappa shape index (κ3) is 3.71. The molecule has 27 heavy (non-hydrogen) atoms. The number of aryl methyl sites for hydroxylation is 1. The van der Waals surface area contributed by atoms with Crippen LogP contribution in [0.4, 0.5) is 0 Å². The van der Waals surface area contributed by atoms with Crippen molar-refractivity contribution in [3.63, 3.8) is 0 Å². The summed E-state index contributed by atoms with van der Waals surface area (Å²) < 4.78 is 7.87. The molecular formula is C21H24N4O2. The third-order valence-electron chi connectivity index (χ3n) is 4.95. The van der Waals surface area contributed by atoms with E-state index in [1.807, 2.05) is 36.9 Å². The first-order valence-electron chi connectivity index (χ1n) is 9.39. The van der Waals surface area contributed by atoms with Gasteiger partial charge in [-0.05, 0) is 44.2 Å². The standard InChI is InChI=1S/C21H24N4O2/c1-15-13-24(14-16(2)27-15)20(26)7-11-25-19(17-5-9-22-10-6-17)12-18-4-3-8-23-21(18)25/h3-6,8-10,12,15-16H,7,11,13-14H2,1-2H3. The molecule has 6 nitrogen and oxygen atoms in total. The molecule has 2 unspecified atom stereocenters. The van der Waals surface area contributed by atoms with Gasteiger partial charge in [-0.15, -0.1) is 0 Å². The van der Waals surface area contributed by atoms with Crippen molar-refractivity contribution in [2.45, 2.75) is 39.0 Å². The first-order chi connectivity index (χ1) is 13.1. The minimum Gasteiger partial charge on any atom is -0.372 e. The van der Waals surface area contributed by atoms with Crippen LogP contribution in [0.3, 0.4) is 0 Å². The van der Waals surface area contributed by atoms with Crippen molar-refractivity contribution in [3.8, 4) is 11.3 Å². The molecule has 2 atom stereocenters. The van der Waals surface area contributed by atoms with Gasteiger partial charge >= 0.3 is 0 Å². The molecule has 1 saturated heterocycles. The predicted octanol–water partition coefficient (Wildman–Crippen LogP) is 3.12. The third-order valence-corrected chi connectivity index (χ3v) is 4.95. The Balaban J connectivity index is 1.59. The molecule has 1 aliphatic rings. The largest absolute Gasteiger partial charge is 0.372 e. The fraction of sp³-hybridized carbons (Fsp3) is 0.381. The summed E-state index contributed by atoms with van der Waals surface area (Å²) in [5, 5.41) is 1.07. The van der Waals surface area contributed by atoms with E-state index in [1.165, 1.54) is 0 Å². The van der Waals surface area contributed by atoms with Crippen LogP contribution in [0.5, 0.6) is 0 Å². The van der Waals surface area contributed by atoms with Crippen molar-refractivity contribution in [2.75, 3.05) is 13.1 Å². The molecule has 140 valence electrons. The Labute approximate surface area is 158 Å². The highest BCUT2D eigenvalue weighted by Gasteiger charge is 2.25. The van der Waals surface area contributed by atoms with Crippen LogP contribution in [-0.4, -0.2) is 50.6 Å². The Morgan fingerprint density at radius 3 is 2.63 bits per heavy atom. The van der Waals surface area contributed by atoms with Gasteiger partial charge in [0.2, 0.25) is 5.91 Å². The summed E-state index contributed by atoms with van der Waals surface area (Å²) in [6.07, 6.45) is 5.97. The van der Waals surface area contributed by atoms with E-state index in [-0.39, 0.29) is 18.1 Å². The lowest BCUT2D eigenvalue weighted by molar-refractivity contribution is -0.143. The number of carbonyl (C=O) groups excluding carboxylic acids is 1. The minimum absolute atomic E-state index is 0.0826. The van der Waals surface area contributed by atoms with Crippen molar-refractivity contribution < 1.29 is 9.53 Å². The van der Waals surface area contributed by atoms with Crippen molar-refractivity contribution in [1.29, 1.82) is 0 Å². The second-order valence-corrected chi connectivity index (χ2v) is 7.14. The van der Waals surface area contributed by atoms with E-state index in [9.17, 15) is 4.79 Å². The second-order valence-electron chi connectivity index (χ2n) is 7.14. The molecule has 0 aromatic carbocycles. The van der Waals surface area contributed by atoms with Gasteiger partial charge in [0.25, 0.3) is 0 Å². The summed E-state index contributed by atoms with van der Waals surface area (Å²) in [5.74, 6) is 0.162. The van der Waals surface area contributed by atoms with Gasteiger partial charge in [-0.3, -0.25) is 9.78 Å². The Morgan fingerprint density at radius 2 is 1.89 bits per heavy atom. The van der Waals surface area contributed by atoms with Crippen LogP contribution in [0.25, 0.3) is 22.3 Å². The number of amides is 1. The normalized spacial score (nSPS) is 20.1. The van der Waals surface area contributed by atoms with E-state index in [2.05, 4.69) is 26.7 Å². The van der Waals surface area contributed by atoms with Crippen LogP contribution >= 0.6 is 0 Å². The number of ether oxygens (including phenoxy) is 1. The molecule has 0 bridgehead atoms. The summed E-state index contributed by atoms with van der Waals surface area (Å²) in [4.78, 5) is 23.4. The SMILES string of the molecule is CC1CN(C(=O)CCn2c(-c3ccncc3)cc3cccnc32)CC(C)O1. The van der Waals surface area contributed by atoms with Gasteiger partial charge in [0.05, 0.1) is 17.9 Å². The molecule has 0 saturated carbocycles. The molecule has 6 heteroatoms. The minimum atomic E-state index is 0.0826. The van der Waals surface area contributed by atoms with Crippen LogP contribution in [0.2, 0.25) is 0 Å². The Morgan fingerprint density at radius 1 is 1.15 bits per heavy atom. The number of aromatic nitrogens is 3. The smallest absolute Gasteiger partial charge is 0.224 e. The van der Waals surface area contributed by atoms with Crippen molar-refractivity contribution in [1.82, 2.24) is 19.4 Å². The van der Waals surface area contributed by atoms with Gasteiger partial charge in [-0.25, -0.2) is 4.98 Å². The molecule has 3 aromatic rings. The predicted molar refractivity (Wildman–Crippen MR) is 104 cm³/mol. The monoisotopic (exact) mass is 364 g/mol. The maximum Gasteiger partial charge on any atom is 0.224 e. The Kier molecular flexibility index (Phi) is 4.90. The maximum atomic E-state index is 12.8. The number of morpholine rings is 1. The van der Waals surface area contributed by atoms with Gasteiger partial charge in [0, 0.05) is 55.6 Å². The molecular weight excluding hydrogens is 340 g/mol. The highest BCUT2D eigenvalue weighted by Crippen LogP contribution is 2.27. The van der Waals surface area contributed by atoms with Crippen molar-refractivity contribution in [3.05, 3.63) is 48.9 Å². The average molecular weight is 364 g/mol. The fourth-order valence-electron chi connectivity index (χ4n) is 3.82. The fourth-order valence-corrected chi connectivity index (χ4v) is 3.82. The molecule has 0 spiro atoms. The zero-order valence-corrected chi connectivity index (χ0v) is 15.7. The second kappa shape index (κ2) is 7.48. The first-order valence-corrected chi connectivity index (χ1v) is 9.39. The van der Waals surface area contributed by atoms with E-state index < -0.39 is 0 Å². The van der Waals surface area contributed by atoms with Crippen LogP contribution in [0.1, 0.15) is 20.3 Å².